The fourth-order valence-electron chi connectivity index (χ4n) is 3.82. The summed E-state index contributed by atoms with van der Waals surface area (Å²) in [5.41, 5.74) is 2.05. The first-order valence-electron chi connectivity index (χ1n) is 9.81. The van der Waals surface area contributed by atoms with Crippen molar-refractivity contribution in [3.63, 3.8) is 0 Å². The Morgan fingerprint density at radius 1 is 1.21 bits per heavy atom. The van der Waals surface area contributed by atoms with Crippen molar-refractivity contribution < 1.29 is 14.0 Å². The van der Waals surface area contributed by atoms with Crippen molar-refractivity contribution in [2.75, 3.05) is 13.1 Å². The average Bonchev–Trinajstić information content (AvgIpc) is 3.31. The van der Waals surface area contributed by atoms with Crippen molar-refractivity contribution in [1.29, 1.82) is 0 Å². The quantitative estimate of drug-likeness (QED) is 0.626. The second kappa shape index (κ2) is 9.03. The Morgan fingerprint density at radius 2 is 2.03 bits per heavy atom. The molecule has 7 heteroatoms. The molecule has 0 amide bonds. The van der Waals surface area contributed by atoms with Gasteiger partial charge in [-0.1, -0.05) is 53.2 Å². The highest BCUT2D eigenvalue weighted by molar-refractivity contribution is 6.31. The first kappa shape index (κ1) is 20.0. The van der Waals surface area contributed by atoms with E-state index in [9.17, 15) is 9.50 Å². The molecule has 152 valence electrons. The molecule has 0 saturated carbocycles. The molecule has 0 unspecified atom stereocenters. The van der Waals surface area contributed by atoms with E-state index in [0.29, 0.717) is 36.1 Å². The van der Waals surface area contributed by atoms with Crippen LogP contribution in [0.15, 0.2) is 53.1 Å². The fraction of sp³-hybridized carbons (Fsp3) is 0.364. The normalized spacial score (nSPS) is 19.7. The lowest BCUT2D eigenvalue weighted by Crippen LogP contribution is -2.26. The number of aliphatic hydroxyl groups is 1. The van der Waals surface area contributed by atoms with Crippen LogP contribution in [0, 0.1) is 5.82 Å². The molecule has 0 bridgehead atoms. The lowest BCUT2D eigenvalue weighted by Gasteiger charge is -2.20. The van der Waals surface area contributed by atoms with E-state index in [4.69, 9.17) is 16.1 Å². The zero-order chi connectivity index (χ0) is 20.2. The number of aliphatic hydroxyl groups excluding tert-OH is 1. The summed E-state index contributed by atoms with van der Waals surface area (Å²) >= 11 is 6.10. The topological polar surface area (TPSA) is 62.4 Å². The molecule has 1 aliphatic heterocycles. The van der Waals surface area contributed by atoms with Crippen LogP contribution in [-0.4, -0.2) is 39.3 Å². The fourth-order valence-corrected chi connectivity index (χ4v) is 4.06. The number of hydrogen-bond donors (Lipinski definition) is 1. The van der Waals surface area contributed by atoms with E-state index < -0.39 is 6.10 Å². The standard InChI is InChI=1S/C22H23ClFN3O2/c23-19-12-17(24)9-8-16(19)11-21-25-22(29-26-21)20-13-18(28)14-27(20)10-4-7-15-5-2-1-3-6-15/h1-3,5-6,8-9,12,18,20,28H,4,7,10-11,13-14H2/t18-,20+/m1/s1. The monoisotopic (exact) mass is 415 g/mol. The third-order valence-corrected chi connectivity index (χ3v) is 5.62. The highest BCUT2D eigenvalue weighted by Crippen LogP contribution is 2.31. The summed E-state index contributed by atoms with van der Waals surface area (Å²) < 4.78 is 18.7. The highest BCUT2D eigenvalue weighted by Gasteiger charge is 2.35. The van der Waals surface area contributed by atoms with Crippen molar-refractivity contribution in [2.45, 2.75) is 37.8 Å². The van der Waals surface area contributed by atoms with Crippen molar-refractivity contribution in [3.05, 3.63) is 82.2 Å². The summed E-state index contributed by atoms with van der Waals surface area (Å²) in [5.74, 6) is 0.632. The summed E-state index contributed by atoms with van der Waals surface area (Å²) in [6.07, 6.45) is 2.51. The number of likely N-dealkylation sites (tertiary alicyclic amines) is 1. The Hall–Kier alpha value is -2.28. The molecular formula is C22H23ClFN3O2. The highest BCUT2D eigenvalue weighted by atomic mass is 35.5. The minimum atomic E-state index is -0.404. The van der Waals surface area contributed by atoms with Crippen LogP contribution >= 0.6 is 11.6 Å². The molecule has 3 aromatic rings. The van der Waals surface area contributed by atoms with Crippen molar-refractivity contribution in [1.82, 2.24) is 15.0 Å². The first-order valence-corrected chi connectivity index (χ1v) is 10.2. The summed E-state index contributed by atoms with van der Waals surface area (Å²) in [7, 11) is 0. The maximum atomic E-state index is 13.2. The van der Waals surface area contributed by atoms with E-state index in [0.717, 1.165) is 24.9 Å². The lowest BCUT2D eigenvalue weighted by atomic mass is 10.1. The SMILES string of the molecule is O[C@@H]1C[C@@H](c2nc(Cc3ccc(F)cc3Cl)no2)N(CCCc2ccccc2)C1. The Bertz CT molecular complexity index is 950. The molecule has 0 aliphatic carbocycles. The number of nitrogens with zero attached hydrogens (tertiary/aromatic N) is 3. The maximum Gasteiger partial charge on any atom is 0.244 e. The third-order valence-electron chi connectivity index (χ3n) is 5.27. The van der Waals surface area contributed by atoms with E-state index in [1.54, 1.807) is 6.07 Å². The van der Waals surface area contributed by atoms with Crippen LogP contribution in [0.4, 0.5) is 4.39 Å². The van der Waals surface area contributed by atoms with Crippen LogP contribution in [0.1, 0.15) is 41.7 Å². The molecule has 1 N–H and O–H groups in total. The molecule has 1 aromatic heterocycles. The van der Waals surface area contributed by atoms with Gasteiger partial charge in [0.05, 0.1) is 12.1 Å². The maximum absolute atomic E-state index is 13.2. The van der Waals surface area contributed by atoms with Gasteiger partial charge in [-0.15, -0.1) is 0 Å². The first-order chi connectivity index (χ1) is 14.1. The minimum Gasteiger partial charge on any atom is -0.392 e. The predicted molar refractivity (Wildman–Crippen MR) is 108 cm³/mol. The van der Waals surface area contributed by atoms with E-state index in [2.05, 4.69) is 27.2 Å². The summed E-state index contributed by atoms with van der Waals surface area (Å²) in [4.78, 5) is 6.72. The zero-order valence-electron chi connectivity index (χ0n) is 16.0. The number of hydrogen-bond acceptors (Lipinski definition) is 5. The van der Waals surface area contributed by atoms with Crippen LogP contribution in [0.2, 0.25) is 5.02 Å². The van der Waals surface area contributed by atoms with Crippen LogP contribution in [0.3, 0.4) is 0 Å². The Balaban J connectivity index is 1.39. The smallest absolute Gasteiger partial charge is 0.244 e. The summed E-state index contributed by atoms with van der Waals surface area (Å²) in [5, 5.41) is 14.6. The van der Waals surface area contributed by atoms with Gasteiger partial charge < -0.3 is 9.63 Å². The third kappa shape index (κ3) is 5.01. The summed E-state index contributed by atoms with van der Waals surface area (Å²) in [6.45, 7) is 1.44. The largest absolute Gasteiger partial charge is 0.392 e. The predicted octanol–water partition coefficient (Wildman–Crippen LogP) is 4.19. The van der Waals surface area contributed by atoms with Crippen molar-refractivity contribution in [3.8, 4) is 0 Å². The van der Waals surface area contributed by atoms with E-state index in [1.807, 2.05) is 18.2 Å². The second-order valence-corrected chi connectivity index (χ2v) is 7.86. The van der Waals surface area contributed by atoms with E-state index in [-0.39, 0.29) is 11.9 Å². The van der Waals surface area contributed by atoms with E-state index in [1.165, 1.54) is 17.7 Å². The van der Waals surface area contributed by atoms with Gasteiger partial charge in [-0.05, 0) is 49.1 Å². The van der Waals surface area contributed by atoms with E-state index >= 15 is 0 Å². The zero-order valence-corrected chi connectivity index (χ0v) is 16.7. The van der Waals surface area contributed by atoms with Crippen LogP contribution < -0.4 is 0 Å². The van der Waals surface area contributed by atoms with Crippen molar-refractivity contribution in [2.24, 2.45) is 0 Å². The molecule has 2 atom stereocenters. The molecule has 4 rings (SSSR count). The Kier molecular flexibility index (Phi) is 6.23. The lowest BCUT2D eigenvalue weighted by molar-refractivity contribution is 0.172. The van der Waals surface area contributed by atoms with Gasteiger partial charge in [-0.2, -0.15) is 4.98 Å². The van der Waals surface area contributed by atoms with Gasteiger partial charge >= 0.3 is 0 Å². The van der Waals surface area contributed by atoms with Crippen LogP contribution in [-0.2, 0) is 12.8 Å². The van der Waals surface area contributed by atoms with Gasteiger partial charge in [0.1, 0.15) is 5.82 Å². The molecule has 29 heavy (non-hydrogen) atoms. The average molecular weight is 416 g/mol. The number of aryl methyl sites for hydroxylation is 1. The molecule has 5 nitrogen and oxygen atoms in total. The Morgan fingerprint density at radius 3 is 2.83 bits per heavy atom. The molecule has 1 saturated heterocycles. The molecule has 0 spiro atoms. The van der Waals surface area contributed by atoms with Crippen molar-refractivity contribution >= 4 is 11.6 Å². The van der Waals surface area contributed by atoms with Gasteiger partial charge in [0, 0.05) is 18.0 Å². The van der Waals surface area contributed by atoms with Gasteiger partial charge in [-0.25, -0.2) is 4.39 Å². The van der Waals surface area contributed by atoms with Crippen LogP contribution in [0.5, 0.6) is 0 Å². The molecule has 2 heterocycles. The van der Waals surface area contributed by atoms with Gasteiger partial charge in [0.25, 0.3) is 0 Å². The number of halogens is 2. The van der Waals surface area contributed by atoms with Gasteiger partial charge in [0.15, 0.2) is 5.82 Å². The summed E-state index contributed by atoms with van der Waals surface area (Å²) in [6, 6.07) is 14.5. The Labute approximate surface area is 174 Å². The van der Waals surface area contributed by atoms with Gasteiger partial charge in [-0.3, -0.25) is 4.90 Å². The number of benzene rings is 2. The van der Waals surface area contributed by atoms with Gasteiger partial charge in [0.2, 0.25) is 5.89 Å². The molecule has 1 aliphatic rings. The molecule has 2 aromatic carbocycles. The minimum absolute atomic E-state index is 0.0919. The number of aromatic nitrogens is 2. The van der Waals surface area contributed by atoms with Crippen LogP contribution in [0.25, 0.3) is 0 Å². The number of rotatable bonds is 7. The molecule has 0 radical (unpaired) electrons. The second-order valence-electron chi connectivity index (χ2n) is 7.45. The molecule has 1 fully saturated rings. The number of β-amino-alcohol motifs (C(OH)–C–C–N with tert-alkyl or cyclic N) is 1. The molecular weight excluding hydrogens is 393 g/mol.